The van der Waals surface area contributed by atoms with Crippen molar-refractivity contribution < 1.29 is 9.84 Å². The molecule has 0 saturated carbocycles. The van der Waals surface area contributed by atoms with Gasteiger partial charge in [0.05, 0.1) is 13.2 Å². The highest BCUT2D eigenvalue weighted by molar-refractivity contribution is 7.99. The second-order valence-corrected chi connectivity index (χ2v) is 3.85. The number of thioether (sulfide) groups is 1. The molecule has 1 aromatic rings. The summed E-state index contributed by atoms with van der Waals surface area (Å²) in [7, 11) is 0. The van der Waals surface area contributed by atoms with Gasteiger partial charge in [-0.2, -0.15) is 0 Å². The van der Waals surface area contributed by atoms with Crippen molar-refractivity contribution in [2.75, 3.05) is 25.5 Å². The fourth-order valence-electron chi connectivity index (χ4n) is 0.975. The topological polar surface area (TPSA) is 55.5 Å². The molecule has 0 aliphatic heterocycles. The molecule has 0 atom stereocenters. The van der Waals surface area contributed by atoms with Crippen molar-refractivity contribution in [1.29, 1.82) is 0 Å². The normalized spacial score (nSPS) is 10.4. The highest BCUT2D eigenvalue weighted by atomic mass is 32.2. The molecule has 0 saturated heterocycles. The van der Waals surface area contributed by atoms with E-state index in [0.29, 0.717) is 25.5 Å². The zero-order valence-electron chi connectivity index (χ0n) is 7.98. The number of nitrogens with two attached hydrogens (primary N) is 1. The average molecular weight is 213 g/mol. The van der Waals surface area contributed by atoms with Crippen molar-refractivity contribution in [1.82, 2.24) is 0 Å². The molecule has 0 amide bonds. The fourth-order valence-corrected chi connectivity index (χ4v) is 1.79. The van der Waals surface area contributed by atoms with Crippen LogP contribution in [0.1, 0.15) is 0 Å². The second-order valence-electron chi connectivity index (χ2n) is 2.72. The molecule has 1 aromatic carbocycles. The molecule has 0 aliphatic carbocycles. The molecular formula is C10H15NO2S. The van der Waals surface area contributed by atoms with Crippen LogP contribution in [0, 0.1) is 0 Å². The Kier molecular flexibility index (Phi) is 5.44. The summed E-state index contributed by atoms with van der Waals surface area (Å²) in [5.74, 6) is 1.16. The van der Waals surface area contributed by atoms with E-state index < -0.39 is 0 Å². The number of ether oxygens (including phenoxy) is 1. The number of aromatic hydroxyl groups is 1. The van der Waals surface area contributed by atoms with Crippen LogP contribution < -0.4 is 5.73 Å². The monoisotopic (exact) mass is 213 g/mol. The maximum Gasteiger partial charge on any atom is 0.129 e. The smallest absolute Gasteiger partial charge is 0.129 e. The van der Waals surface area contributed by atoms with Crippen LogP contribution in [0.5, 0.6) is 5.75 Å². The standard InChI is InChI=1S/C10H15NO2S/c11-5-6-13-7-8-14-10-4-2-1-3-9(10)12/h1-4,12H,5-8,11H2. The Morgan fingerprint density at radius 1 is 1.29 bits per heavy atom. The van der Waals surface area contributed by atoms with Crippen molar-refractivity contribution >= 4 is 11.8 Å². The van der Waals surface area contributed by atoms with Gasteiger partial charge in [0.2, 0.25) is 0 Å². The molecule has 0 aliphatic rings. The first-order valence-corrected chi connectivity index (χ1v) is 5.51. The van der Waals surface area contributed by atoms with E-state index in [9.17, 15) is 5.11 Å². The molecule has 1 rings (SSSR count). The van der Waals surface area contributed by atoms with Crippen LogP contribution in [0.15, 0.2) is 29.2 Å². The van der Waals surface area contributed by atoms with Crippen molar-refractivity contribution in [3.63, 3.8) is 0 Å². The number of rotatable bonds is 6. The molecule has 4 heteroatoms. The highest BCUT2D eigenvalue weighted by Gasteiger charge is 1.99. The van der Waals surface area contributed by atoms with Crippen molar-refractivity contribution in [3.8, 4) is 5.75 Å². The van der Waals surface area contributed by atoms with E-state index in [-0.39, 0.29) is 0 Å². The summed E-state index contributed by atoms with van der Waals surface area (Å²) in [5.41, 5.74) is 5.27. The minimum absolute atomic E-state index is 0.330. The fraction of sp³-hybridized carbons (Fsp3) is 0.400. The summed E-state index contributed by atoms with van der Waals surface area (Å²) in [6.07, 6.45) is 0. The van der Waals surface area contributed by atoms with Crippen LogP contribution in [0.25, 0.3) is 0 Å². The lowest BCUT2D eigenvalue weighted by Crippen LogP contribution is -2.09. The summed E-state index contributed by atoms with van der Waals surface area (Å²) < 4.78 is 5.22. The van der Waals surface area contributed by atoms with Gasteiger partial charge < -0.3 is 15.6 Å². The van der Waals surface area contributed by atoms with E-state index in [1.165, 1.54) is 0 Å². The Morgan fingerprint density at radius 3 is 2.79 bits per heavy atom. The molecule has 3 nitrogen and oxygen atoms in total. The van der Waals surface area contributed by atoms with Gasteiger partial charge in [0.25, 0.3) is 0 Å². The molecule has 0 heterocycles. The summed E-state index contributed by atoms with van der Waals surface area (Å²) >= 11 is 1.58. The number of para-hydroxylation sites is 1. The van der Waals surface area contributed by atoms with Gasteiger partial charge in [-0.1, -0.05) is 12.1 Å². The van der Waals surface area contributed by atoms with Crippen LogP contribution in [0.4, 0.5) is 0 Å². The van der Waals surface area contributed by atoms with E-state index in [1.807, 2.05) is 18.2 Å². The van der Waals surface area contributed by atoms with Crippen LogP contribution in [-0.2, 0) is 4.74 Å². The van der Waals surface area contributed by atoms with E-state index >= 15 is 0 Å². The highest BCUT2D eigenvalue weighted by Crippen LogP contribution is 2.27. The van der Waals surface area contributed by atoms with Gasteiger partial charge in [0.1, 0.15) is 5.75 Å². The molecule has 3 N–H and O–H groups in total. The lowest BCUT2D eigenvalue weighted by atomic mass is 10.3. The quantitative estimate of drug-likeness (QED) is 0.555. The number of hydrogen-bond acceptors (Lipinski definition) is 4. The molecule has 0 unspecified atom stereocenters. The van der Waals surface area contributed by atoms with E-state index in [4.69, 9.17) is 10.5 Å². The van der Waals surface area contributed by atoms with Crippen LogP contribution in [-0.4, -0.2) is 30.6 Å². The van der Waals surface area contributed by atoms with Gasteiger partial charge in [-0.25, -0.2) is 0 Å². The Bertz CT molecular complexity index is 268. The number of phenolic OH excluding ortho intramolecular Hbond substituents is 1. The predicted molar refractivity (Wildman–Crippen MR) is 58.7 cm³/mol. The van der Waals surface area contributed by atoms with E-state index in [0.717, 1.165) is 10.6 Å². The third-order valence-electron chi connectivity index (χ3n) is 1.61. The van der Waals surface area contributed by atoms with Gasteiger partial charge in [0.15, 0.2) is 0 Å². The van der Waals surface area contributed by atoms with Gasteiger partial charge in [-0.05, 0) is 12.1 Å². The van der Waals surface area contributed by atoms with Crippen molar-refractivity contribution in [2.45, 2.75) is 4.90 Å². The Labute approximate surface area is 88.3 Å². The summed E-state index contributed by atoms with van der Waals surface area (Å²) in [4.78, 5) is 0.892. The van der Waals surface area contributed by atoms with Gasteiger partial charge in [-0.15, -0.1) is 11.8 Å². The molecule has 0 spiro atoms. The number of phenols is 1. The molecule has 14 heavy (non-hydrogen) atoms. The average Bonchev–Trinajstić information content (AvgIpc) is 2.20. The van der Waals surface area contributed by atoms with Crippen LogP contribution in [0.2, 0.25) is 0 Å². The third-order valence-corrected chi connectivity index (χ3v) is 2.64. The molecular weight excluding hydrogens is 198 g/mol. The van der Waals surface area contributed by atoms with Gasteiger partial charge in [-0.3, -0.25) is 0 Å². The first kappa shape index (κ1) is 11.4. The van der Waals surface area contributed by atoms with Gasteiger partial charge >= 0.3 is 0 Å². The molecule has 78 valence electrons. The summed E-state index contributed by atoms with van der Waals surface area (Å²) in [6, 6.07) is 7.29. The van der Waals surface area contributed by atoms with Crippen molar-refractivity contribution in [3.05, 3.63) is 24.3 Å². The number of benzene rings is 1. The van der Waals surface area contributed by atoms with Crippen LogP contribution >= 0.6 is 11.8 Å². The van der Waals surface area contributed by atoms with Gasteiger partial charge in [0, 0.05) is 17.2 Å². The predicted octanol–water partition coefficient (Wildman–Crippen LogP) is 1.46. The molecule has 0 aromatic heterocycles. The maximum atomic E-state index is 9.43. The Hall–Kier alpha value is -0.710. The lowest BCUT2D eigenvalue weighted by Gasteiger charge is -2.04. The first-order chi connectivity index (χ1) is 6.84. The third kappa shape index (κ3) is 4.00. The zero-order valence-corrected chi connectivity index (χ0v) is 8.80. The minimum Gasteiger partial charge on any atom is -0.507 e. The van der Waals surface area contributed by atoms with E-state index in [1.54, 1.807) is 17.8 Å². The zero-order chi connectivity index (χ0) is 10.2. The molecule has 0 fully saturated rings. The lowest BCUT2D eigenvalue weighted by molar-refractivity contribution is 0.158. The van der Waals surface area contributed by atoms with Crippen molar-refractivity contribution in [2.24, 2.45) is 5.73 Å². The SMILES string of the molecule is NCCOCCSc1ccccc1O. The number of hydrogen-bond donors (Lipinski definition) is 2. The minimum atomic E-state index is 0.330. The second kappa shape index (κ2) is 6.70. The Morgan fingerprint density at radius 2 is 2.07 bits per heavy atom. The summed E-state index contributed by atoms with van der Waals surface area (Å²) in [6.45, 7) is 1.82. The first-order valence-electron chi connectivity index (χ1n) is 4.53. The van der Waals surface area contributed by atoms with Crippen LogP contribution in [0.3, 0.4) is 0 Å². The summed E-state index contributed by atoms with van der Waals surface area (Å²) in [5, 5.41) is 9.43. The molecule has 0 bridgehead atoms. The Balaban J connectivity index is 2.21. The molecule has 0 radical (unpaired) electrons. The largest absolute Gasteiger partial charge is 0.507 e. The maximum absolute atomic E-state index is 9.43. The van der Waals surface area contributed by atoms with E-state index in [2.05, 4.69) is 0 Å².